The number of rotatable bonds is 4. The molecule has 1 aliphatic rings. The zero-order chi connectivity index (χ0) is 24.2. The molecule has 0 spiro atoms. The molecular weight excluding hydrogens is 504 g/mol. The topological polar surface area (TPSA) is 111 Å². The highest BCUT2D eigenvalue weighted by molar-refractivity contribution is 7.07. The fraction of sp³-hybridized carbons (Fsp3) is 0.100. The van der Waals surface area contributed by atoms with Crippen LogP contribution in [0.3, 0.4) is 0 Å². The molecule has 0 atom stereocenters. The van der Waals surface area contributed by atoms with Crippen molar-refractivity contribution in [3.8, 4) is 0 Å². The maximum Gasteiger partial charge on any atom is 0.430 e. The van der Waals surface area contributed by atoms with Gasteiger partial charge in [0, 0.05) is 17.1 Å². The molecule has 0 aliphatic carbocycles. The van der Waals surface area contributed by atoms with Gasteiger partial charge in [-0.3, -0.25) is 10.1 Å². The number of alkyl halides is 3. The Labute approximate surface area is 198 Å². The van der Waals surface area contributed by atoms with Gasteiger partial charge in [0.15, 0.2) is 11.4 Å². The molecule has 4 rings (SSSR count). The van der Waals surface area contributed by atoms with Crippen LogP contribution in [0, 0.1) is 0 Å². The quantitative estimate of drug-likeness (QED) is 0.518. The van der Waals surface area contributed by atoms with Crippen LogP contribution in [0.5, 0.6) is 0 Å². The Kier molecular flexibility index (Phi) is 7.69. The molecule has 7 nitrogen and oxygen atoms in total. The number of benzene rings is 2. The summed E-state index contributed by atoms with van der Waals surface area (Å²) in [5.41, 5.74) is 5.99. The number of hydrogen-bond acceptors (Lipinski definition) is 6. The summed E-state index contributed by atoms with van der Waals surface area (Å²) in [7, 11) is 0. The van der Waals surface area contributed by atoms with Crippen molar-refractivity contribution in [2.24, 2.45) is 4.99 Å². The second-order valence-electron chi connectivity index (χ2n) is 6.55. The van der Waals surface area contributed by atoms with Gasteiger partial charge >= 0.3 is 6.18 Å². The number of nitrogens with two attached hydrogens (primary N) is 1. The Morgan fingerprint density at radius 2 is 1.85 bits per heavy atom. The largest absolute Gasteiger partial charge is 0.542 e. The van der Waals surface area contributed by atoms with Crippen LogP contribution in [-0.2, 0) is 16.0 Å². The first kappa shape index (κ1) is 24.6. The van der Waals surface area contributed by atoms with E-state index in [1.165, 1.54) is 11.3 Å². The average molecular weight is 517 g/mol. The normalized spacial score (nSPS) is 12.3. The number of carbonyl (C=O) groups excluding carboxylic acids is 2. The molecule has 0 bridgehead atoms. The summed E-state index contributed by atoms with van der Waals surface area (Å²) in [4.78, 5) is 29.9. The molecule has 13 heteroatoms. The summed E-state index contributed by atoms with van der Waals surface area (Å²) in [5.74, 6) is -2.30. The average Bonchev–Trinajstić information content (AvgIpc) is 3.39. The lowest BCUT2D eigenvalue weighted by Gasteiger charge is -2.07. The summed E-state index contributed by atoms with van der Waals surface area (Å²) in [6.07, 6.45) is -4.97. The third-order valence-corrected chi connectivity index (χ3v) is 5.44. The fourth-order valence-corrected chi connectivity index (χ4v) is 3.54. The smallest absolute Gasteiger partial charge is 0.430 e. The van der Waals surface area contributed by atoms with Crippen LogP contribution in [-0.4, -0.2) is 28.9 Å². The monoisotopic (exact) mass is 516 g/mol. The molecule has 2 aromatic carbocycles. The molecule has 1 aliphatic heterocycles. The zero-order valence-corrected chi connectivity index (χ0v) is 18.6. The summed E-state index contributed by atoms with van der Waals surface area (Å²) in [5, 5.41) is 16.5. The standard InChI is InChI=1S/C18H12Cl2N4OS.C2HF3O2/c19-12-3-1-10(5-13(12)20)6-17(25)22-11-2-4-14-15(7-11)24-18(23-14)16-8-26-9-21-16;3-2(4,5)1(6)7/h1-5,7-9H,6H2,(H,22,25)(H,23,24);(H,6,7). The van der Waals surface area contributed by atoms with Gasteiger partial charge in [0.2, 0.25) is 5.91 Å². The number of nitrogens with zero attached hydrogens (tertiary/aromatic N) is 2. The van der Waals surface area contributed by atoms with Crippen LogP contribution in [0.2, 0.25) is 10.0 Å². The Morgan fingerprint density at radius 1 is 1.12 bits per heavy atom. The van der Waals surface area contributed by atoms with Crippen molar-refractivity contribution in [2.75, 3.05) is 5.32 Å². The summed E-state index contributed by atoms with van der Waals surface area (Å²) < 4.78 is 31.5. The van der Waals surface area contributed by atoms with Crippen LogP contribution < -0.4 is 15.7 Å². The van der Waals surface area contributed by atoms with E-state index in [9.17, 15) is 18.0 Å². The number of aliphatic imine (C=N–C) groups is 1. The predicted molar refractivity (Wildman–Crippen MR) is 116 cm³/mol. The van der Waals surface area contributed by atoms with Gasteiger partial charge in [-0.25, -0.2) is 4.98 Å². The number of carbonyl (C=O) groups is 2. The van der Waals surface area contributed by atoms with Crippen molar-refractivity contribution in [3.63, 3.8) is 0 Å². The summed E-state index contributed by atoms with van der Waals surface area (Å²) in [6, 6.07) is 10.8. The number of quaternary nitrogens is 1. The van der Waals surface area contributed by atoms with Crippen molar-refractivity contribution >= 4 is 69.3 Å². The van der Waals surface area contributed by atoms with Crippen LogP contribution in [0.25, 0.3) is 0 Å². The Morgan fingerprint density at radius 3 is 2.45 bits per heavy atom. The third kappa shape index (κ3) is 6.75. The highest BCUT2D eigenvalue weighted by Crippen LogP contribution is 2.28. The number of amidine groups is 1. The van der Waals surface area contributed by atoms with E-state index in [1.54, 1.807) is 23.7 Å². The second-order valence-corrected chi connectivity index (χ2v) is 8.08. The van der Waals surface area contributed by atoms with Crippen LogP contribution in [0.4, 0.5) is 30.2 Å². The number of amides is 1. The predicted octanol–water partition coefficient (Wildman–Crippen LogP) is 3.22. The molecule has 0 fully saturated rings. The van der Waals surface area contributed by atoms with Crippen molar-refractivity contribution in [3.05, 3.63) is 68.6 Å². The van der Waals surface area contributed by atoms with Gasteiger partial charge in [-0.05, 0) is 29.8 Å². The lowest BCUT2D eigenvalue weighted by molar-refractivity contribution is -0.437. The highest BCUT2D eigenvalue weighted by atomic mass is 35.5. The molecule has 33 heavy (non-hydrogen) atoms. The van der Waals surface area contributed by atoms with Gasteiger partial charge in [0.25, 0.3) is 5.84 Å². The minimum Gasteiger partial charge on any atom is -0.542 e. The van der Waals surface area contributed by atoms with Crippen LogP contribution in [0.15, 0.2) is 52.3 Å². The summed E-state index contributed by atoms with van der Waals surface area (Å²) in [6.45, 7) is 0. The number of aromatic nitrogens is 1. The number of aliphatic carboxylic acids is 1. The number of halogens is 5. The van der Waals surface area contributed by atoms with Gasteiger partial charge in [-0.2, -0.15) is 18.2 Å². The number of anilines is 1. The molecule has 1 aromatic heterocycles. The molecule has 1 amide bonds. The second kappa shape index (κ2) is 10.3. The van der Waals surface area contributed by atoms with E-state index in [4.69, 9.17) is 33.1 Å². The van der Waals surface area contributed by atoms with Gasteiger partial charge < -0.3 is 15.2 Å². The van der Waals surface area contributed by atoms with Crippen molar-refractivity contribution in [2.45, 2.75) is 12.6 Å². The Bertz CT molecular complexity index is 1220. The number of nitrogens with one attached hydrogen (secondary N) is 1. The van der Waals surface area contributed by atoms with Crippen LogP contribution in [0.1, 0.15) is 11.3 Å². The van der Waals surface area contributed by atoms with Crippen LogP contribution >= 0.6 is 34.5 Å². The van der Waals surface area contributed by atoms with Gasteiger partial charge in [0.1, 0.15) is 11.7 Å². The van der Waals surface area contributed by atoms with E-state index >= 15 is 0 Å². The maximum absolute atomic E-state index is 12.3. The van der Waals surface area contributed by atoms with Gasteiger partial charge in [-0.15, -0.1) is 11.3 Å². The molecule has 3 N–H and O–H groups in total. The van der Waals surface area contributed by atoms with Gasteiger partial charge in [-0.1, -0.05) is 29.3 Å². The van der Waals surface area contributed by atoms with E-state index in [0.717, 1.165) is 34.2 Å². The lowest BCUT2D eigenvalue weighted by Crippen LogP contribution is -2.80. The fourth-order valence-electron chi connectivity index (χ4n) is 2.67. The van der Waals surface area contributed by atoms with E-state index in [0.29, 0.717) is 10.0 Å². The molecule has 0 saturated carbocycles. The first-order valence-corrected chi connectivity index (χ1v) is 10.7. The lowest BCUT2D eigenvalue weighted by atomic mass is 10.1. The molecule has 0 saturated heterocycles. The maximum atomic E-state index is 12.3. The highest BCUT2D eigenvalue weighted by Gasteiger charge is 2.28. The van der Waals surface area contributed by atoms with Crippen molar-refractivity contribution in [1.29, 1.82) is 0 Å². The first-order valence-electron chi connectivity index (χ1n) is 9.01. The summed E-state index contributed by atoms with van der Waals surface area (Å²) >= 11 is 13.4. The van der Waals surface area contributed by atoms with E-state index in [1.807, 2.05) is 28.9 Å². The zero-order valence-electron chi connectivity index (χ0n) is 16.3. The van der Waals surface area contributed by atoms with E-state index in [-0.39, 0.29) is 12.3 Å². The van der Waals surface area contributed by atoms with E-state index in [2.05, 4.69) is 15.3 Å². The first-order chi connectivity index (χ1) is 15.5. The number of carboxylic acids is 1. The SMILES string of the molecule is O=C(Cc1ccc(Cl)c(Cl)c1)Nc1ccc2c(c1)[NH2+]C(c1cscn1)=N2.O=C([O-])C(F)(F)F. The minimum atomic E-state index is -5.19. The van der Waals surface area contributed by atoms with Gasteiger partial charge in [0.05, 0.1) is 22.0 Å². The Hall–Kier alpha value is -2.99. The molecule has 2 heterocycles. The molecule has 3 aromatic rings. The number of carboxylic acid groups (broad SMARTS) is 1. The number of hydrogen-bond donors (Lipinski definition) is 2. The minimum absolute atomic E-state index is 0.123. The van der Waals surface area contributed by atoms with E-state index < -0.39 is 12.1 Å². The molecule has 172 valence electrons. The molecule has 0 unspecified atom stereocenters. The Balaban J connectivity index is 0.000000383. The molecular formula is C20H13Cl2F3N4O3S. The third-order valence-electron chi connectivity index (χ3n) is 4.12. The number of fused-ring (bicyclic) bond motifs is 1. The number of thiazole rings is 1. The molecule has 0 radical (unpaired) electrons. The van der Waals surface area contributed by atoms with Crippen molar-refractivity contribution in [1.82, 2.24) is 4.98 Å². The van der Waals surface area contributed by atoms with Crippen molar-refractivity contribution < 1.29 is 33.2 Å².